The van der Waals surface area contributed by atoms with E-state index in [9.17, 15) is 4.79 Å². The number of hydrogen-bond acceptors (Lipinski definition) is 4. The van der Waals surface area contributed by atoms with E-state index in [0.717, 1.165) is 5.75 Å². The maximum Gasteiger partial charge on any atom is 0.264 e. The summed E-state index contributed by atoms with van der Waals surface area (Å²) in [5, 5.41) is 0. The second-order valence-corrected chi connectivity index (χ2v) is 4.89. The summed E-state index contributed by atoms with van der Waals surface area (Å²) in [7, 11) is 1.57. The van der Waals surface area contributed by atoms with Gasteiger partial charge in [0.1, 0.15) is 21.8 Å². The van der Waals surface area contributed by atoms with E-state index in [2.05, 4.69) is 9.97 Å². The molecule has 100 valence electrons. The van der Waals surface area contributed by atoms with Gasteiger partial charge in [-0.3, -0.25) is 4.79 Å². The Morgan fingerprint density at radius 1 is 1.26 bits per heavy atom. The zero-order chi connectivity index (χ0) is 13.7. The van der Waals surface area contributed by atoms with Gasteiger partial charge in [0, 0.05) is 7.11 Å². The van der Waals surface area contributed by atoms with Crippen LogP contribution in [0, 0.1) is 3.57 Å². The standard InChI is InChI=1S/C13H13IN2O3/c1-18-7-10-12(14)13(17)16-11(15-10)8-19-9-5-3-2-4-6-9/h2-6H,7-8H2,1H3,(H,15,16,17). The summed E-state index contributed by atoms with van der Waals surface area (Å²) >= 11 is 1.96. The molecule has 19 heavy (non-hydrogen) atoms. The molecule has 0 unspecified atom stereocenters. The summed E-state index contributed by atoms with van der Waals surface area (Å²) in [6.07, 6.45) is 0. The first-order valence-corrected chi connectivity index (χ1v) is 6.73. The molecular formula is C13H13IN2O3. The van der Waals surface area contributed by atoms with Gasteiger partial charge in [0.2, 0.25) is 0 Å². The maximum atomic E-state index is 11.7. The van der Waals surface area contributed by atoms with Crippen LogP contribution in [0.15, 0.2) is 35.1 Å². The number of nitrogens with one attached hydrogen (secondary N) is 1. The average molecular weight is 372 g/mol. The molecule has 1 aromatic heterocycles. The molecule has 0 saturated heterocycles. The van der Waals surface area contributed by atoms with E-state index < -0.39 is 0 Å². The fourth-order valence-electron chi connectivity index (χ4n) is 1.53. The first-order valence-electron chi connectivity index (χ1n) is 5.65. The minimum atomic E-state index is -0.172. The minimum Gasteiger partial charge on any atom is -0.486 e. The topological polar surface area (TPSA) is 64.2 Å². The maximum absolute atomic E-state index is 11.7. The minimum absolute atomic E-state index is 0.172. The van der Waals surface area contributed by atoms with E-state index in [-0.39, 0.29) is 12.2 Å². The van der Waals surface area contributed by atoms with Crippen molar-refractivity contribution < 1.29 is 9.47 Å². The number of aromatic amines is 1. The summed E-state index contributed by atoms with van der Waals surface area (Å²) in [5.74, 6) is 1.22. The summed E-state index contributed by atoms with van der Waals surface area (Å²) < 4.78 is 11.1. The highest BCUT2D eigenvalue weighted by molar-refractivity contribution is 14.1. The van der Waals surface area contributed by atoms with Crippen LogP contribution >= 0.6 is 22.6 Å². The molecule has 0 aliphatic heterocycles. The van der Waals surface area contributed by atoms with E-state index in [1.807, 2.05) is 52.9 Å². The third kappa shape index (κ3) is 3.77. The van der Waals surface area contributed by atoms with Crippen LogP contribution in [0.25, 0.3) is 0 Å². The molecule has 2 rings (SSSR count). The Hall–Kier alpha value is -1.41. The Morgan fingerprint density at radius 3 is 2.68 bits per heavy atom. The fourth-order valence-corrected chi connectivity index (χ4v) is 1.94. The lowest BCUT2D eigenvalue weighted by Crippen LogP contribution is -2.19. The Bertz CT molecular complexity index is 599. The van der Waals surface area contributed by atoms with Gasteiger partial charge >= 0.3 is 0 Å². The number of H-pyrrole nitrogens is 1. The third-order valence-electron chi connectivity index (χ3n) is 2.38. The molecular weight excluding hydrogens is 359 g/mol. The van der Waals surface area contributed by atoms with Crippen molar-refractivity contribution in [1.82, 2.24) is 9.97 Å². The zero-order valence-corrected chi connectivity index (χ0v) is 12.5. The lowest BCUT2D eigenvalue weighted by atomic mass is 10.3. The molecule has 0 radical (unpaired) electrons. The molecule has 2 aromatic rings. The lowest BCUT2D eigenvalue weighted by Gasteiger charge is -2.08. The predicted molar refractivity (Wildman–Crippen MR) is 79.1 cm³/mol. The number of halogens is 1. The number of ether oxygens (including phenoxy) is 2. The Kier molecular flexibility index (Phi) is 4.92. The Morgan fingerprint density at radius 2 is 2.00 bits per heavy atom. The number of hydrogen-bond donors (Lipinski definition) is 1. The second kappa shape index (κ2) is 6.67. The van der Waals surface area contributed by atoms with Crippen LogP contribution in [0.5, 0.6) is 5.75 Å². The van der Waals surface area contributed by atoms with Crippen LogP contribution < -0.4 is 10.3 Å². The molecule has 0 saturated carbocycles. The van der Waals surface area contributed by atoms with Gasteiger partial charge in [-0.2, -0.15) is 0 Å². The van der Waals surface area contributed by atoms with Crippen molar-refractivity contribution in [2.75, 3.05) is 7.11 Å². The molecule has 0 atom stereocenters. The smallest absolute Gasteiger partial charge is 0.264 e. The van der Waals surface area contributed by atoms with E-state index in [4.69, 9.17) is 9.47 Å². The van der Waals surface area contributed by atoms with Gasteiger partial charge in [-0.05, 0) is 34.7 Å². The molecule has 1 heterocycles. The molecule has 0 aliphatic rings. The molecule has 1 N–H and O–H groups in total. The average Bonchev–Trinajstić information content (AvgIpc) is 2.43. The summed E-state index contributed by atoms with van der Waals surface area (Å²) in [6, 6.07) is 9.38. The van der Waals surface area contributed by atoms with Gasteiger partial charge in [-0.1, -0.05) is 18.2 Å². The van der Waals surface area contributed by atoms with Crippen molar-refractivity contribution in [3.8, 4) is 5.75 Å². The van der Waals surface area contributed by atoms with Crippen LogP contribution in [0.3, 0.4) is 0 Å². The van der Waals surface area contributed by atoms with Gasteiger partial charge in [0.05, 0.1) is 12.3 Å². The van der Waals surface area contributed by atoms with Crippen molar-refractivity contribution in [3.63, 3.8) is 0 Å². The van der Waals surface area contributed by atoms with Crippen molar-refractivity contribution in [3.05, 3.63) is 55.8 Å². The highest BCUT2D eigenvalue weighted by Crippen LogP contribution is 2.11. The van der Waals surface area contributed by atoms with Crippen LogP contribution in [-0.4, -0.2) is 17.1 Å². The fraction of sp³-hybridized carbons (Fsp3) is 0.231. The Labute approximate surface area is 124 Å². The van der Waals surface area contributed by atoms with E-state index in [1.54, 1.807) is 7.11 Å². The van der Waals surface area contributed by atoms with Gasteiger partial charge in [0.15, 0.2) is 0 Å². The molecule has 6 heteroatoms. The molecule has 0 spiro atoms. The number of aromatic nitrogens is 2. The van der Waals surface area contributed by atoms with E-state index >= 15 is 0 Å². The van der Waals surface area contributed by atoms with Crippen molar-refractivity contribution in [1.29, 1.82) is 0 Å². The van der Waals surface area contributed by atoms with Gasteiger partial charge in [0.25, 0.3) is 5.56 Å². The highest BCUT2D eigenvalue weighted by atomic mass is 127. The van der Waals surface area contributed by atoms with Crippen LogP contribution in [0.2, 0.25) is 0 Å². The van der Waals surface area contributed by atoms with Crippen LogP contribution in [0.1, 0.15) is 11.5 Å². The molecule has 5 nitrogen and oxygen atoms in total. The SMILES string of the molecule is COCc1nc(COc2ccccc2)[nH]c(=O)c1I. The second-order valence-electron chi connectivity index (χ2n) is 3.81. The van der Waals surface area contributed by atoms with Crippen LogP contribution in [-0.2, 0) is 18.0 Å². The van der Waals surface area contributed by atoms with Gasteiger partial charge in [-0.25, -0.2) is 4.98 Å². The van der Waals surface area contributed by atoms with Crippen LogP contribution in [0.4, 0.5) is 0 Å². The number of para-hydroxylation sites is 1. The number of benzene rings is 1. The summed E-state index contributed by atoms with van der Waals surface area (Å²) in [6.45, 7) is 0.521. The molecule has 0 fully saturated rings. The third-order valence-corrected chi connectivity index (χ3v) is 3.49. The number of nitrogens with zero attached hydrogens (tertiary/aromatic N) is 1. The van der Waals surface area contributed by atoms with Gasteiger partial charge < -0.3 is 14.5 Å². The van der Waals surface area contributed by atoms with E-state index in [0.29, 0.717) is 21.7 Å². The van der Waals surface area contributed by atoms with Crippen molar-refractivity contribution in [2.45, 2.75) is 13.2 Å². The monoisotopic (exact) mass is 372 g/mol. The lowest BCUT2D eigenvalue weighted by molar-refractivity contribution is 0.179. The molecule has 0 aliphatic carbocycles. The first-order chi connectivity index (χ1) is 9.20. The highest BCUT2D eigenvalue weighted by Gasteiger charge is 2.09. The van der Waals surface area contributed by atoms with E-state index in [1.165, 1.54) is 0 Å². The summed E-state index contributed by atoms with van der Waals surface area (Å²) in [5.41, 5.74) is 0.452. The van der Waals surface area contributed by atoms with Crippen molar-refractivity contribution >= 4 is 22.6 Å². The van der Waals surface area contributed by atoms with Crippen molar-refractivity contribution in [2.24, 2.45) is 0 Å². The van der Waals surface area contributed by atoms with Gasteiger partial charge in [-0.15, -0.1) is 0 Å². The summed E-state index contributed by atoms with van der Waals surface area (Å²) in [4.78, 5) is 18.7. The number of rotatable bonds is 5. The largest absolute Gasteiger partial charge is 0.486 e. The molecule has 0 amide bonds. The zero-order valence-electron chi connectivity index (χ0n) is 10.4. The molecule has 0 bridgehead atoms. The predicted octanol–water partition coefficient (Wildman–Crippen LogP) is 2.10. The quantitative estimate of drug-likeness (QED) is 0.817. The Balaban J connectivity index is 2.14. The number of methoxy groups -OCH3 is 1. The molecule has 1 aromatic carbocycles. The first kappa shape index (κ1) is 14.0. The normalized spacial score (nSPS) is 10.4.